The number of nitrogens with zero attached hydrogens (tertiary/aromatic N) is 5. The fourth-order valence-electron chi connectivity index (χ4n) is 6.02. The molecule has 4 aromatic heterocycles. The zero-order valence-corrected chi connectivity index (χ0v) is 22.3. The van der Waals surface area contributed by atoms with Crippen molar-refractivity contribution in [2.45, 2.75) is 0 Å². The van der Waals surface area contributed by atoms with Gasteiger partial charge in [0.25, 0.3) is 0 Å². The first-order valence-electron chi connectivity index (χ1n) is 13.8. The van der Waals surface area contributed by atoms with Gasteiger partial charge in [-0.05, 0) is 47.2 Å². The topological polar surface area (TPSA) is 69.6 Å². The van der Waals surface area contributed by atoms with Gasteiger partial charge in [-0.25, -0.2) is 9.97 Å². The summed E-state index contributed by atoms with van der Waals surface area (Å²) < 4.78 is 8.26. The lowest BCUT2D eigenvalue weighted by Gasteiger charge is -2.11. The van der Waals surface area contributed by atoms with Crippen LogP contribution in [0.5, 0.6) is 0 Å². The lowest BCUT2D eigenvalue weighted by atomic mass is 10.1. The van der Waals surface area contributed by atoms with E-state index in [9.17, 15) is 0 Å². The number of fused-ring (bicyclic) bond motifs is 7. The van der Waals surface area contributed by atoms with Crippen LogP contribution in [0.1, 0.15) is 0 Å². The van der Waals surface area contributed by atoms with Crippen molar-refractivity contribution in [2.75, 3.05) is 0 Å². The van der Waals surface area contributed by atoms with Gasteiger partial charge in [0.1, 0.15) is 5.58 Å². The van der Waals surface area contributed by atoms with Gasteiger partial charge >= 0.3 is 0 Å². The molecule has 0 aliphatic carbocycles. The Labute approximate surface area is 239 Å². The highest BCUT2D eigenvalue weighted by Gasteiger charge is 2.20. The molecule has 4 heterocycles. The van der Waals surface area contributed by atoms with Crippen LogP contribution in [0.4, 0.5) is 0 Å². The molecule has 196 valence electrons. The summed E-state index contributed by atoms with van der Waals surface area (Å²) >= 11 is 0. The third kappa shape index (κ3) is 3.39. The van der Waals surface area contributed by atoms with Crippen LogP contribution < -0.4 is 0 Å². The molecule has 6 heteroatoms. The number of benzene rings is 5. The molecule has 9 aromatic rings. The Balaban J connectivity index is 1.40. The van der Waals surface area contributed by atoms with Gasteiger partial charge in [0.15, 0.2) is 11.6 Å². The number of pyridine rings is 1. The van der Waals surface area contributed by atoms with E-state index in [2.05, 4.69) is 70.2 Å². The predicted molar refractivity (Wildman–Crippen MR) is 168 cm³/mol. The average molecular weight is 540 g/mol. The standard InChI is InChI=1S/C36H21N5O/c1-2-10-22(11-3-1)33-38-34(26-15-8-18-31-32(26)27-16-9-19-37-35(27)42-31)40-36(39-33)41-29-17-7-6-14-25(29)28-20-23-12-4-5-13-24(23)21-30(28)41/h1-21H. The molecule has 0 atom stereocenters. The first-order valence-corrected chi connectivity index (χ1v) is 13.8. The minimum Gasteiger partial charge on any atom is -0.438 e. The van der Waals surface area contributed by atoms with Crippen molar-refractivity contribution in [3.63, 3.8) is 0 Å². The van der Waals surface area contributed by atoms with Crippen LogP contribution in [0.2, 0.25) is 0 Å². The second-order valence-electron chi connectivity index (χ2n) is 10.4. The Morgan fingerprint density at radius 1 is 0.548 bits per heavy atom. The van der Waals surface area contributed by atoms with E-state index < -0.39 is 0 Å². The largest absolute Gasteiger partial charge is 0.438 e. The van der Waals surface area contributed by atoms with Crippen LogP contribution in [0.3, 0.4) is 0 Å². The lowest BCUT2D eigenvalue weighted by molar-refractivity contribution is 0.654. The summed E-state index contributed by atoms with van der Waals surface area (Å²) in [7, 11) is 0. The quantitative estimate of drug-likeness (QED) is 0.224. The van der Waals surface area contributed by atoms with Crippen molar-refractivity contribution in [3.8, 4) is 28.7 Å². The summed E-state index contributed by atoms with van der Waals surface area (Å²) in [5.74, 6) is 1.73. The molecule has 0 N–H and O–H groups in total. The van der Waals surface area contributed by atoms with Crippen LogP contribution in [0.15, 0.2) is 132 Å². The SMILES string of the molecule is c1ccc(-c2nc(-c3cccc4oc5ncccc5c34)nc(-n3c4ccccc4c4cc5ccccc5cc43)n2)cc1. The molecule has 0 radical (unpaired) electrons. The Kier molecular flexibility index (Phi) is 4.80. The van der Waals surface area contributed by atoms with E-state index >= 15 is 0 Å². The molecule has 0 saturated heterocycles. The molecule has 0 amide bonds. The fraction of sp³-hybridized carbons (Fsp3) is 0. The summed E-state index contributed by atoms with van der Waals surface area (Å²) in [5.41, 5.74) is 5.20. The molecule has 0 fully saturated rings. The lowest BCUT2D eigenvalue weighted by Crippen LogP contribution is -2.06. The zero-order valence-electron chi connectivity index (χ0n) is 22.3. The number of para-hydroxylation sites is 1. The van der Waals surface area contributed by atoms with Gasteiger partial charge in [0, 0.05) is 38.9 Å². The van der Waals surface area contributed by atoms with E-state index in [1.165, 1.54) is 5.39 Å². The predicted octanol–water partition coefficient (Wildman–Crippen LogP) is 8.75. The Morgan fingerprint density at radius 2 is 1.31 bits per heavy atom. The summed E-state index contributed by atoms with van der Waals surface area (Å²) in [6.45, 7) is 0. The highest BCUT2D eigenvalue weighted by atomic mass is 16.3. The first-order chi connectivity index (χ1) is 20.8. The fourth-order valence-corrected chi connectivity index (χ4v) is 6.02. The summed E-state index contributed by atoms with van der Waals surface area (Å²) in [6, 6.07) is 41.3. The van der Waals surface area contributed by atoms with E-state index in [1.807, 2.05) is 60.7 Å². The van der Waals surface area contributed by atoms with E-state index in [0.717, 1.165) is 54.7 Å². The van der Waals surface area contributed by atoms with Gasteiger partial charge < -0.3 is 4.42 Å². The van der Waals surface area contributed by atoms with Crippen molar-refractivity contribution < 1.29 is 4.42 Å². The van der Waals surface area contributed by atoms with Gasteiger partial charge in [-0.2, -0.15) is 9.97 Å². The maximum atomic E-state index is 6.10. The summed E-state index contributed by atoms with van der Waals surface area (Å²) in [6.07, 6.45) is 1.74. The maximum Gasteiger partial charge on any atom is 0.238 e. The smallest absolute Gasteiger partial charge is 0.238 e. The molecule has 5 aromatic carbocycles. The van der Waals surface area contributed by atoms with Crippen LogP contribution >= 0.6 is 0 Å². The van der Waals surface area contributed by atoms with Gasteiger partial charge in [-0.3, -0.25) is 4.57 Å². The van der Waals surface area contributed by atoms with Crippen molar-refractivity contribution in [3.05, 3.63) is 128 Å². The molecule has 0 saturated carbocycles. The summed E-state index contributed by atoms with van der Waals surface area (Å²) in [5, 5.41) is 6.52. The van der Waals surface area contributed by atoms with E-state index in [-0.39, 0.29) is 0 Å². The highest BCUT2D eigenvalue weighted by molar-refractivity contribution is 6.14. The summed E-state index contributed by atoms with van der Waals surface area (Å²) in [4.78, 5) is 19.7. The van der Waals surface area contributed by atoms with Gasteiger partial charge in [0.2, 0.25) is 11.7 Å². The Bertz CT molecular complexity index is 2480. The van der Waals surface area contributed by atoms with Crippen molar-refractivity contribution in [2.24, 2.45) is 0 Å². The monoisotopic (exact) mass is 539 g/mol. The molecule has 0 spiro atoms. The molecule has 0 aliphatic heterocycles. The molecule has 42 heavy (non-hydrogen) atoms. The van der Waals surface area contributed by atoms with Crippen molar-refractivity contribution in [1.82, 2.24) is 24.5 Å². The maximum absolute atomic E-state index is 6.10. The van der Waals surface area contributed by atoms with E-state index in [4.69, 9.17) is 19.4 Å². The molecule has 0 unspecified atom stereocenters. The zero-order chi connectivity index (χ0) is 27.6. The van der Waals surface area contributed by atoms with Gasteiger partial charge in [0.05, 0.1) is 11.0 Å². The molecule has 9 rings (SSSR count). The second kappa shape index (κ2) is 8.81. The van der Waals surface area contributed by atoms with Crippen LogP contribution in [-0.2, 0) is 0 Å². The van der Waals surface area contributed by atoms with E-state index in [1.54, 1.807) is 6.20 Å². The van der Waals surface area contributed by atoms with E-state index in [0.29, 0.717) is 23.3 Å². The molecule has 6 nitrogen and oxygen atoms in total. The Hall–Kier alpha value is -5.88. The number of hydrogen-bond donors (Lipinski definition) is 0. The van der Waals surface area contributed by atoms with Crippen molar-refractivity contribution in [1.29, 1.82) is 0 Å². The third-order valence-corrected chi connectivity index (χ3v) is 7.91. The number of furan rings is 1. The highest BCUT2D eigenvalue weighted by Crippen LogP contribution is 2.37. The minimum atomic E-state index is 0.559. The van der Waals surface area contributed by atoms with Crippen LogP contribution in [-0.4, -0.2) is 24.5 Å². The minimum absolute atomic E-state index is 0.559. The van der Waals surface area contributed by atoms with Crippen LogP contribution in [0.25, 0.3) is 83.4 Å². The van der Waals surface area contributed by atoms with Gasteiger partial charge in [-0.15, -0.1) is 0 Å². The number of aromatic nitrogens is 5. The van der Waals surface area contributed by atoms with Crippen molar-refractivity contribution >= 4 is 54.6 Å². The molecule has 0 aliphatic rings. The molecule has 0 bridgehead atoms. The van der Waals surface area contributed by atoms with Gasteiger partial charge in [-0.1, -0.05) is 84.9 Å². The molecular formula is C36H21N5O. The number of hydrogen-bond acceptors (Lipinski definition) is 5. The normalized spacial score (nSPS) is 11.8. The van der Waals surface area contributed by atoms with Crippen LogP contribution in [0, 0.1) is 0 Å². The average Bonchev–Trinajstić information content (AvgIpc) is 3.59. The Morgan fingerprint density at radius 3 is 2.21 bits per heavy atom. The third-order valence-electron chi connectivity index (χ3n) is 7.91. The second-order valence-corrected chi connectivity index (χ2v) is 10.4. The molecular weight excluding hydrogens is 518 g/mol. The number of rotatable bonds is 3. The first kappa shape index (κ1) is 22.9.